The summed E-state index contributed by atoms with van der Waals surface area (Å²) in [5.41, 5.74) is 2.46. The van der Waals surface area contributed by atoms with Crippen molar-refractivity contribution in [1.82, 2.24) is 10.2 Å². The average Bonchev–Trinajstić information content (AvgIpc) is 2.87. The topological polar surface area (TPSA) is 86.8 Å². The van der Waals surface area contributed by atoms with Gasteiger partial charge in [0.05, 0.1) is 11.9 Å². The molecule has 0 bridgehead atoms. The van der Waals surface area contributed by atoms with E-state index in [2.05, 4.69) is 26.1 Å². The Hall–Kier alpha value is -2.87. The number of nitrogens with one attached hydrogen (secondary N) is 1. The molecule has 208 valence electrons. The minimum absolute atomic E-state index is 0.0837. The Labute approximate surface area is 228 Å². The van der Waals surface area contributed by atoms with E-state index >= 15 is 0 Å². The summed E-state index contributed by atoms with van der Waals surface area (Å²) < 4.78 is 26.7. The SMILES string of the molecule is C[C@@H](C(=O)NC1CCCCC1)N(CCc1ccccc1)C(=O)CN(c1ccc(C(C)(C)C)cc1)S(C)(=O)=O. The highest BCUT2D eigenvalue weighted by atomic mass is 32.2. The first kappa shape index (κ1) is 29.7. The quantitative estimate of drug-likeness (QED) is 0.474. The maximum Gasteiger partial charge on any atom is 0.244 e. The summed E-state index contributed by atoms with van der Waals surface area (Å²) in [6.45, 7) is 7.93. The van der Waals surface area contributed by atoms with Crippen molar-refractivity contribution < 1.29 is 18.0 Å². The second kappa shape index (κ2) is 12.8. The van der Waals surface area contributed by atoms with E-state index in [9.17, 15) is 18.0 Å². The van der Waals surface area contributed by atoms with Gasteiger partial charge >= 0.3 is 0 Å². The van der Waals surface area contributed by atoms with Gasteiger partial charge in [0, 0.05) is 12.6 Å². The molecule has 38 heavy (non-hydrogen) atoms. The van der Waals surface area contributed by atoms with Crippen molar-refractivity contribution in [3.8, 4) is 0 Å². The third kappa shape index (κ3) is 8.32. The van der Waals surface area contributed by atoms with Crippen LogP contribution in [0.2, 0.25) is 0 Å². The van der Waals surface area contributed by atoms with E-state index in [-0.39, 0.29) is 23.9 Å². The first-order valence-electron chi connectivity index (χ1n) is 13.6. The zero-order valence-corrected chi connectivity index (χ0v) is 24.3. The number of anilines is 1. The molecule has 0 unspecified atom stereocenters. The highest BCUT2D eigenvalue weighted by molar-refractivity contribution is 7.92. The van der Waals surface area contributed by atoms with Gasteiger partial charge < -0.3 is 10.2 Å². The maximum absolute atomic E-state index is 13.7. The summed E-state index contributed by atoms with van der Waals surface area (Å²) in [4.78, 5) is 28.4. The van der Waals surface area contributed by atoms with Gasteiger partial charge in [0.15, 0.2) is 0 Å². The van der Waals surface area contributed by atoms with Gasteiger partial charge in [-0.3, -0.25) is 13.9 Å². The van der Waals surface area contributed by atoms with Crippen molar-refractivity contribution in [2.75, 3.05) is 23.7 Å². The Morgan fingerprint density at radius 2 is 1.58 bits per heavy atom. The van der Waals surface area contributed by atoms with Crippen LogP contribution in [0.1, 0.15) is 70.9 Å². The van der Waals surface area contributed by atoms with Crippen molar-refractivity contribution in [3.05, 3.63) is 65.7 Å². The van der Waals surface area contributed by atoms with Crippen LogP contribution in [0.3, 0.4) is 0 Å². The Kier molecular flexibility index (Phi) is 9.99. The summed E-state index contributed by atoms with van der Waals surface area (Å²) in [6.07, 6.45) is 6.92. The van der Waals surface area contributed by atoms with Crippen LogP contribution >= 0.6 is 0 Å². The van der Waals surface area contributed by atoms with E-state index in [1.807, 2.05) is 42.5 Å². The molecule has 0 saturated heterocycles. The summed E-state index contributed by atoms with van der Waals surface area (Å²) in [6, 6.07) is 16.4. The third-order valence-corrected chi connectivity index (χ3v) is 8.44. The Morgan fingerprint density at radius 1 is 0.974 bits per heavy atom. The van der Waals surface area contributed by atoms with Gasteiger partial charge in [-0.05, 0) is 54.9 Å². The molecule has 2 aromatic rings. The molecule has 1 fully saturated rings. The summed E-state index contributed by atoms with van der Waals surface area (Å²) in [5, 5.41) is 3.12. The Bertz CT molecular complexity index is 1170. The van der Waals surface area contributed by atoms with Crippen molar-refractivity contribution in [2.45, 2.75) is 83.7 Å². The molecule has 1 aliphatic rings. The first-order chi connectivity index (χ1) is 17.9. The molecule has 8 heteroatoms. The number of nitrogens with zero attached hydrogens (tertiary/aromatic N) is 2. The van der Waals surface area contributed by atoms with Crippen LogP contribution in [0, 0.1) is 0 Å². The lowest BCUT2D eigenvalue weighted by molar-refractivity contribution is -0.139. The van der Waals surface area contributed by atoms with Gasteiger partial charge in [0.1, 0.15) is 12.6 Å². The van der Waals surface area contributed by atoms with Gasteiger partial charge in [0.25, 0.3) is 0 Å². The molecule has 1 saturated carbocycles. The fourth-order valence-electron chi connectivity index (χ4n) is 4.88. The average molecular weight is 542 g/mol. The van der Waals surface area contributed by atoms with Crippen LogP contribution in [-0.4, -0.2) is 56.6 Å². The van der Waals surface area contributed by atoms with Crippen LogP contribution in [0.4, 0.5) is 5.69 Å². The molecule has 3 rings (SSSR count). The minimum Gasteiger partial charge on any atom is -0.352 e. The molecule has 0 aliphatic heterocycles. The molecule has 1 atom stereocenters. The fraction of sp³-hybridized carbons (Fsp3) is 0.533. The normalized spacial score (nSPS) is 15.5. The minimum atomic E-state index is -3.75. The molecule has 2 aromatic carbocycles. The lowest BCUT2D eigenvalue weighted by atomic mass is 9.87. The zero-order valence-electron chi connectivity index (χ0n) is 23.4. The van der Waals surface area contributed by atoms with Crippen LogP contribution in [-0.2, 0) is 31.4 Å². The predicted octanol–water partition coefficient (Wildman–Crippen LogP) is 4.66. The highest BCUT2D eigenvalue weighted by Crippen LogP contribution is 2.26. The molecule has 1 aliphatic carbocycles. The van der Waals surface area contributed by atoms with Crippen LogP contribution in [0.25, 0.3) is 0 Å². The summed E-state index contributed by atoms with van der Waals surface area (Å²) in [5.74, 6) is -0.601. The third-order valence-electron chi connectivity index (χ3n) is 7.30. The lowest BCUT2D eigenvalue weighted by Gasteiger charge is -2.33. The Balaban J connectivity index is 1.82. The number of benzene rings is 2. The smallest absolute Gasteiger partial charge is 0.244 e. The van der Waals surface area contributed by atoms with E-state index in [4.69, 9.17) is 0 Å². The second-order valence-electron chi connectivity index (χ2n) is 11.4. The van der Waals surface area contributed by atoms with Gasteiger partial charge in [0.2, 0.25) is 21.8 Å². The van der Waals surface area contributed by atoms with E-state index in [1.54, 1.807) is 19.1 Å². The van der Waals surface area contributed by atoms with E-state index in [0.717, 1.165) is 47.4 Å². The van der Waals surface area contributed by atoms with Gasteiger partial charge in [-0.15, -0.1) is 0 Å². The van der Waals surface area contributed by atoms with Crippen molar-refractivity contribution in [1.29, 1.82) is 0 Å². The summed E-state index contributed by atoms with van der Waals surface area (Å²) in [7, 11) is -3.75. The predicted molar refractivity (Wildman–Crippen MR) is 154 cm³/mol. The van der Waals surface area contributed by atoms with E-state index in [0.29, 0.717) is 18.7 Å². The molecule has 0 radical (unpaired) electrons. The van der Waals surface area contributed by atoms with Crippen molar-refractivity contribution in [3.63, 3.8) is 0 Å². The molecule has 0 heterocycles. The number of rotatable bonds is 10. The van der Waals surface area contributed by atoms with Crippen LogP contribution in [0.15, 0.2) is 54.6 Å². The first-order valence-corrected chi connectivity index (χ1v) is 15.4. The van der Waals surface area contributed by atoms with Gasteiger partial charge in [-0.1, -0.05) is 82.5 Å². The molecule has 0 spiro atoms. The largest absolute Gasteiger partial charge is 0.352 e. The molecular weight excluding hydrogens is 498 g/mol. The second-order valence-corrected chi connectivity index (χ2v) is 13.3. The van der Waals surface area contributed by atoms with Gasteiger partial charge in [-0.2, -0.15) is 0 Å². The number of hydrogen-bond donors (Lipinski definition) is 1. The van der Waals surface area contributed by atoms with E-state index < -0.39 is 22.0 Å². The molecular formula is C30H43N3O4S. The number of hydrogen-bond acceptors (Lipinski definition) is 4. The van der Waals surface area contributed by atoms with Crippen LogP contribution in [0.5, 0.6) is 0 Å². The highest BCUT2D eigenvalue weighted by Gasteiger charge is 2.31. The Morgan fingerprint density at radius 3 is 2.13 bits per heavy atom. The standard InChI is InChI=1S/C30H43N3O4S/c1-23(29(35)31-26-14-10-7-11-15-26)32(21-20-24-12-8-6-9-13-24)28(34)22-33(38(5,36)37)27-18-16-25(17-19-27)30(2,3)4/h6,8-9,12-13,16-19,23,26H,7,10-11,14-15,20-22H2,1-5H3,(H,31,35)/t23-/m0/s1. The molecule has 2 amide bonds. The number of carbonyl (C=O) groups excluding carboxylic acids is 2. The van der Waals surface area contributed by atoms with E-state index in [1.165, 1.54) is 11.3 Å². The monoisotopic (exact) mass is 541 g/mol. The maximum atomic E-state index is 13.7. The molecule has 0 aromatic heterocycles. The van der Waals surface area contributed by atoms with Crippen molar-refractivity contribution >= 4 is 27.5 Å². The molecule has 1 N–H and O–H groups in total. The fourth-order valence-corrected chi connectivity index (χ4v) is 5.73. The number of sulfonamides is 1. The number of carbonyl (C=O) groups is 2. The van der Waals surface area contributed by atoms with Gasteiger partial charge in [-0.25, -0.2) is 8.42 Å². The van der Waals surface area contributed by atoms with Crippen LogP contribution < -0.4 is 9.62 Å². The zero-order chi connectivity index (χ0) is 27.9. The van der Waals surface area contributed by atoms with Crippen molar-refractivity contribution in [2.24, 2.45) is 0 Å². The summed E-state index contributed by atoms with van der Waals surface area (Å²) >= 11 is 0. The lowest BCUT2D eigenvalue weighted by Crippen LogP contribution is -2.53. The molecule has 7 nitrogen and oxygen atoms in total. The number of amides is 2.